The molecule has 0 aliphatic rings. The fourth-order valence-electron chi connectivity index (χ4n) is 1.78. The van der Waals surface area contributed by atoms with Crippen molar-refractivity contribution in [1.29, 1.82) is 0 Å². The maximum absolute atomic E-state index is 11.7. The molecular formula is C12H22N4O. The van der Waals surface area contributed by atoms with E-state index >= 15 is 0 Å². The molecule has 1 aromatic heterocycles. The summed E-state index contributed by atoms with van der Waals surface area (Å²) < 4.78 is 1.93. The molecule has 1 rings (SSSR count). The van der Waals surface area contributed by atoms with Gasteiger partial charge in [-0.25, -0.2) is 0 Å². The molecule has 0 bridgehead atoms. The van der Waals surface area contributed by atoms with E-state index in [1.807, 2.05) is 29.5 Å². The normalized spacial score (nSPS) is 10.5. The van der Waals surface area contributed by atoms with Gasteiger partial charge in [0.2, 0.25) is 5.91 Å². The van der Waals surface area contributed by atoms with Crippen molar-refractivity contribution in [2.75, 3.05) is 19.6 Å². The third-order valence-corrected chi connectivity index (χ3v) is 2.80. The topological polar surface area (TPSA) is 50.2 Å². The number of rotatable bonds is 7. The van der Waals surface area contributed by atoms with Crippen LogP contribution in [-0.2, 0) is 17.9 Å². The fourth-order valence-corrected chi connectivity index (χ4v) is 1.78. The molecule has 0 radical (unpaired) electrons. The Morgan fingerprint density at radius 2 is 2.12 bits per heavy atom. The van der Waals surface area contributed by atoms with E-state index in [-0.39, 0.29) is 5.91 Å². The minimum absolute atomic E-state index is 0.151. The van der Waals surface area contributed by atoms with Crippen LogP contribution in [0.25, 0.3) is 0 Å². The van der Waals surface area contributed by atoms with Crippen LogP contribution in [0, 0.1) is 0 Å². The van der Waals surface area contributed by atoms with Gasteiger partial charge in [0, 0.05) is 32.4 Å². The van der Waals surface area contributed by atoms with Crippen molar-refractivity contribution >= 4 is 5.91 Å². The molecule has 96 valence electrons. The van der Waals surface area contributed by atoms with Crippen molar-refractivity contribution in [2.24, 2.45) is 0 Å². The summed E-state index contributed by atoms with van der Waals surface area (Å²) >= 11 is 0. The predicted molar refractivity (Wildman–Crippen MR) is 67.5 cm³/mol. The molecule has 0 aromatic carbocycles. The standard InChI is InChI=1S/C12H22N4O/c1-4-15(5-2)12(17)10-13-9-11-7-8-14-16(11)6-3/h7-8,13H,4-6,9-10H2,1-3H3. The highest BCUT2D eigenvalue weighted by Gasteiger charge is 2.08. The van der Waals surface area contributed by atoms with Gasteiger partial charge in [-0.1, -0.05) is 0 Å². The third kappa shape index (κ3) is 3.85. The Balaban J connectivity index is 2.35. The van der Waals surface area contributed by atoms with E-state index in [1.165, 1.54) is 0 Å². The number of likely N-dealkylation sites (N-methyl/N-ethyl adjacent to an activating group) is 1. The minimum Gasteiger partial charge on any atom is -0.342 e. The lowest BCUT2D eigenvalue weighted by molar-refractivity contribution is -0.129. The number of hydrogen-bond donors (Lipinski definition) is 1. The van der Waals surface area contributed by atoms with Crippen LogP contribution in [0.1, 0.15) is 26.5 Å². The largest absolute Gasteiger partial charge is 0.342 e. The van der Waals surface area contributed by atoms with Gasteiger partial charge in [-0.2, -0.15) is 5.10 Å². The van der Waals surface area contributed by atoms with E-state index in [1.54, 1.807) is 6.20 Å². The molecule has 0 aliphatic heterocycles. The Labute approximate surface area is 103 Å². The number of nitrogens with zero attached hydrogens (tertiary/aromatic N) is 3. The first kappa shape index (κ1) is 13.7. The molecule has 0 spiro atoms. The summed E-state index contributed by atoms with van der Waals surface area (Å²) in [7, 11) is 0. The van der Waals surface area contributed by atoms with E-state index < -0.39 is 0 Å². The first-order chi connectivity index (χ1) is 8.22. The van der Waals surface area contributed by atoms with Gasteiger partial charge < -0.3 is 10.2 Å². The molecule has 0 fully saturated rings. The Kier molecular flexibility index (Phi) is 5.69. The summed E-state index contributed by atoms with van der Waals surface area (Å²) in [6.45, 7) is 9.50. The number of amides is 1. The van der Waals surface area contributed by atoms with Crippen molar-refractivity contribution in [3.8, 4) is 0 Å². The zero-order valence-corrected chi connectivity index (χ0v) is 10.9. The van der Waals surface area contributed by atoms with Crippen LogP contribution in [0.3, 0.4) is 0 Å². The smallest absolute Gasteiger partial charge is 0.236 e. The van der Waals surface area contributed by atoms with Crippen molar-refractivity contribution in [2.45, 2.75) is 33.9 Å². The van der Waals surface area contributed by atoms with Gasteiger partial charge in [0.1, 0.15) is 0 Å². The number of carbonyl (C=O) groups excluding carboxylic acids is 1. The zero-order chi connectivity index (χ0) is 12.7. The number of aromatic nitrogens is 2. The summed E-state index contributed by atoms with van der Waals surface area (Å²) in [5, 5.41) is 7.34. The average molecular weight is 238 g/mol. The van der Waals surface area contributed by atoms with Crippen LogP contribution in [0.4, 0.5) is 0 Å². The van der Waals surface area contributed by atoms with Crippen molar-refractivity contribution < 1.29 is 4.79 Å². The van der Waals surface area contributed by atoms with E-state index in [0.717, 1.165) is 25.3 Å². The molecule has 5 nitrogen and oxygen atoms in total. The maximum atomic E-state index is 11.7. The first-order valence-electron chi connectivity index (χ1n) is 6.22. The van der Waals surface area contributed by atoms with Gasteiger partial charge in [0.15, 0.2) is 0 Å². The summed E-state index contributed by atoms with van der Waals surface area (Å²) in [5.74, 6) is 0.151. The zero-order valence-electron chi connectivity index (χ0n) is 10.9. The number of carbonyl (C=O) groups is 1. The lowest BCUT2D eigenvalue weighted by Gasteiger charge is -2.18. The average Bonchev–Trinajstić information content (AvgIpc) is 2.78. The van der Waals surface area contributed by atoms with E-state index in [2.05, 4.69) is 17.3 Å². The monoisotopic (exact) mass is 238 g/mol. The molecule has 0 atom stereocenters. The number of aryl methyl sites for hydroxylation is 1. The minimum atomic E-state index is 0.151. The second kappa shape index (κ2) is 7.06. The molecule has 0 unspecified atom stereocenters. The van der Waals surface area contributed by atoms with Gasteiger partial charge in [-0.15, -0.1) is 0 Å². The Hall–Kier alpha value is -1.36. The van der Waals surface area contributed by atoms with Crippen LogP contribution in [-0.4, -0.2) is 40.2 Å². The summed E-state index contributed by atoms with van der Waals surface area (Å²) in [6, 6.07) is 1.97. The van der Waals surface area contributed by atoms with Crippen LogP contribution < -0.4 is 5.32 Å². The second-order valence-corrected chi connectivity index (χ2v) is 3.81. The van der Waals surface area contributed by atoms with E-state index in [9.17, 15) is 4.79 Å². The Morgan fingerprint density at radius 1 is 1.41 bits per heavy atom. The molecule has 0 saturated carbocycles. The fraction of sp³-hybridized carbons (Fsp3) is 0.667. The van der Waals surface area contributed by atoms with Crippen molar-refractivity contribution in [3.63, 3.8) is 0 Å². The molecular weight excluding hydrogens is 216 g/mol. The third-order valence-electron chi connectivity index (χ3n) is 2.80. The van der Waals surface area contributed by atoms with Gasteiger partial charge >= 0.3 is 0 Å². The van der Waals surface area contributed by atoms with Crippen LogP contribution in [0.15, 0.2) is 12.3 Å². The summed E-state index contributed by atoms with van der Waals surface area (Å²) in [4.78, 5) is 13.6. The van der Waals surface area contributed by atoms with Gasteiger partial charge in [0.25, 0.3) is 0 Å². The molecule has 1 amide bonds. The van der Waals surface area contributed by atoms with Crippen molar-refractivity contribution in [1.82, 2.24) is 20.0 Å². The summed E-state index contributed by atoms with van der Waals surface area (Å²) in [6.07, 6.45) is 1.78. The first-order valence-corrected chi connectivity index (χ1v) is 6.22. The molecule has 0 aliphatic carbocycles. The van der Waals surface area contributed by atoms with Crippen LogP contribution >= 0.6 is 0 Å². The quantitative estimate of drug-likeness (QED) is 0.766. The number of hydrogen-bond acceptors (Lipinski definition) is 3. The lowest BCUT2D eigenvalue weighted by atomic mass is 10.4. The lowest BCUT2D eigenvalue weighted by Crippen LogP contribution is -2.37. The Bertz CT molecular complexity index is 344. The van der Waals surface area contributed by atoms with Gasteiger partial charge in [0.05, 0.1) is 12.2 Å². The SMILES string of the molecule is CCN(CC)C(=O)CNCc1ccnn1CC. The molecule has 0 saturated heterocycles. The van der Waals surface area contributed by atoms with E-state index in [0.29, 0.717) is 13.1 Å². The molecule has 1 aromatic rings. The highest BCUT2D eigenvalue weighted by atomic mass is 16.2. The molecule has 1 heterocycles. The molecule has 1 N–H and O–H groups in total. The Morgan fingerprint density at radius 3 is 2.71 bits per heavy atom. The highest BCUT2D eigenvalue weighted by Crippen LogP contribution is 1.97. The predicted octanol–water partition coefficient (Wildman–Crippen LogP) is 0.861. The highest BCUT2D eigenvalue weighted by molar-refractivity contribution is 5.78. The van der Waals surface area contributed by atoms with E-state index in [4.69, 9.17) is 0 Å². The van der Waals surface area contributed by atoms with Crippen molar-refractivity contribution in [3.05, 3.63) is 18.0 Å². The number of nitrogens with one attached hydrogen (secondary N) is 1. The molecule has 17 heavy (non-hydrogen) atoms. The maximum Gasteiger partial charge on any atom is 0.236 e. The van der Waals surface area contributed by atoms with Crippen LogP contribution in [0.5, 0.6) is 0 Å². The van der Waals surface area contributed by atoms with Crippen LogP contribution in [0.2, 0.25) is 0 Å². The summed E-state index contributed by atoms with van der Waals surface area (Å²) in [5.41, 5.74) is 1.11. The van der Waals surface area contributed by atoms with Gasteiger partial charge in [-0.05, 0) is 26.8 Å². The second-order valence-electron chi connectivity index (χ2n) is 3.81. The molecule has 5 heteroatoms. The van der Waals surface area contributed by atoms with Gasteiger partial charge in [-0.3, -0.25) is 9.48 Å².